The lowest BCUT2D eigenvalue weighted by atomic mass is 9.74. The highest BCUT2D eigenvalue weighted by molar-refractivity contribution is 5.93. The van der Waals surface area contributed by atoms with Gasteiger partial charge in [0.05, 0.1) is 18.1 Å². The summed E-state index contributed by atoms with van der Waals surface area (Å²) in [7, 11) is 0. The van der Waals surface area contributed by atoms with E-state index in [1.54, 1.807) is 13.8 Å². The van der Waals surface area contributed by atoms with Crippen molar-refractivity contribution in [2.75, 3.05) is 6.54 Å². The number of nitrogens with one attached hydrogen (secondary N) is 1. The largest absolute Gasteiger partial charge is 0.393 e. The predicted molar refractivity (Wildman–Crippen MR) is 115 cm³/mol. The Labute approximate surface area is 176 Å². The quantitative estimate of drug-likeness (QED) is 0.458. The minimum atomic E-state index is -0.957. The molecule has 0 saturated heterocycles. The van der Waals surface area contributed by atoms with E-state index in [1.165, 1.54) is 13.3 Å². The number of aliphatic hydroxyl groups is 1. The predicted octanol–water partition coefficient (Wildman–Crippen LogP) is 2.85. The fourth-order valence-electron chi connectivity index (χ4n) is 4.46. The molecule has 0 radical (unpaired) electrons. The lowest BCUT2D eigenvalue weighted by Gasteiger charge is -2.31. The van der Waals surface area contributed by atoms with Gasteiger partial charge >= 0.3 is 0 Å². The summed E-state index contributed by atoms with van der Waals surface area (Å²) in [6.45, 7) is 9.78. The molecule has 0 aromatic heterocycles. The van der Waals surface area contributed by atoms with Crippen LogP contribution in [0.5, 0.6) is 0 Å². The van der Waals surface area contributed by atoms with Gasteiger partial charge in [-0.2, -0.15) is 0 Å². The molecule has 29 heavy (non-hydrogen) atoms. The summed E-state index contributed by atoms with van der Waals surface area (Å²) in [5.74, 6) is -0.369. The van der Waals surface area contributed by atoms with Gasteiger partial charge in [-0.1, -0.05) is 40.5 Å². The van der Waals surface area contributed by atoms with Crippen molar-refractivity contribution in [3.05, 3.63) is 0 Å². The number of ketones is 2. The molecular weight excluding hydrogens is 368 g/mol. The average Bonchev–Trinajstić information content (AvgIpc) is 2.64. The van der Waals surface area contributed by atoms with Gasteiger partial charge in [0, 0.05) is 18.3 Å². The third-order valence-corrected chi connectivity index (χ3v) is 6.07. The van der Waals surface area contributed by atoms with Crippen LogP contribution in [-0.4, -0.2) is 41.3 Å². The van der Waals surface area contributed by atoms with E-state index in [2.05, 4.69) is 19.2 Å². The molecule has 1 rings (SSSR count). The first-order chi connectivity index (χ1) is 13.6. The zero-order valence-electron chi connectivity index (χ0n) is 18.9. The van der Waals surface area contributed by atoms with E-state index in [0.717, 1.165) is 25.7 Å². The monoisotopic (exact) mass is 410 g/mol. The van der Waals surface area contributed by atoms with Crippen LogP contribution in [0.4, 0.5) is 0 Å². The zero-order valence-corrected chi connectivity index (χ0v) is 18.9. The van der Waals surface area contributed by atoms with Crippen LogP contribution in [0.1, 0.15) is 79.6 Å². The number of carbonyl (C=O) groups is 3. The molecule has 4 N–H and O–H groups in total. The minimum Gasteiger partial charge on any atom is -0.393 e. The molecule has 1 unspecified atom stereocenters. The molecule has 1 amide bonds. The Bertz CT molecular complexity index is 545. The Morgan fingerprint density at radius 2 is 1.76 bits per heavy atom. The van der Waals surface area contributed by atoms with Gasteiger partial charge in [0.25, 0.3) is 0 Å². The smallest absolute Gasteiger partial charge is 0.226 e. The highest BCUT2D eigenvalue weighted by Gasteiger charge is 2.34. The number of amides is 1. The van der Waals surface area contributed by atoms with Gasteiger partial charge in [0.2, 0.25) is 5.91 Å². The molecule has 6 nitrogen and oxygen atoms in total. The van der Waals surface area contributed by atoms with Crippen LogP contribution in [0.2, 0.25) is 0 Å². The van der Waals surface area contributed by atoms with Gasteiger partial charge in [-0.05, 0) is 51.0 Å². The summed E-state index contributed by atoms with van der Waals surface area (Å²) in [6, 6.07) is -0.672. The minimum absolute atomic E-state index is 0.0216. The van der Waals surface area contributed by atoms with Gasteiger partial charge in [-0.15, -0.1) is 0 Å². The lowest BCUT2D eigenvalue weighted by Crippen LogP contribution is -2.48. The second kappa shape index (κ2) is 12.4. The van der Waals surface area contributed by atoms with E-state index in [4.69, 9.17) is 5.73 Å². The molecule has 6 heteroatoms. The highest BCUT2D eigenvalue weighted by atomic mass is 16.3. The van der Waals surface area contributed by atoms with Gasteiger partial charge in [0.15, 0.2) is 5.78 Å². The third-order valence-electron chi connectivity index (χ3n) is 6.07. The standard InChI is InChI=1S/C23H42N2O4/c1-14(2)11-17-7-6-8-18(12-17)21(27)13-19(16(5)26)23(29)25-20(9-10-24)22(28)15(3)4/h14-20,26H,6-13,24H2,1-5H3,(H,25,29)/t16-,17-,18?,19-,20-/m0/s1. The van der Waals surface area contributed by atoms with E-state index < -0.39 is 24.0 Å². The Morgan fingerprint density at radius 1 is 1.10 bits per heavy atom. The van der Waals surface area contributed by atoms with Gasteiger partial charge in [0.1, 0.15) is 5.78 Å². The summed E-state index contributed by atoms with van der Waals surface area (Å²) >= 11 is 0. The molecule has 0 heterocycles. The van der Waals surface area contributed by atoms with Crippen molar-refractivity contribution in [1.82, 2.24) is 5.32 Å². The van der Waals surface area contributed by atoms with Gasteiger partial charge in [-0.25, -0.2) is 0 Å². The van der Waals surface area contributed by atoms with Gasteiger partial charge in [-0.3, -0.25) is 14.4 Å². The molecule has 168 valence electrons. The lowest BCUT2D eigenvalue weighted by molar-refractivity contribution is -0.137. The molecule has 0 aromatic rings. The van der Waals surface area contributed by atoms with Crippen molar-refractivity contribution < 1.29 is 19.5 Å². The maximum atomic E-state index is 12.9. The second-order valence-corrected chi connectivity index (χ2v) is 9.57. The first kappa shape index (κ1) is 25.8. The van der Waals surface area contributed by atoms with Crippen LogP contribution >= 0.6 is 0 Å². The molecule has 5 atom stereocenters. The molecule has 0 aromatic carbocycles. The Hall–Kier alpha value is -1.27. The molecule has 1 aliphatic carbocycles. The summed E-state index contributed by atoms with van der Waals surface area (Å²) in [4.78, 5) is 38.1. The number of rotatable bonds is 12. The Balaban J connectivity index is 2.76. The maximum absolute atomic E-state index is 12.9. The van der Waals surface area contributed by atoms with Crippen LogP contribution < -0.4 is 11.1 Å². The van der Waals surface area contributed by atoms with E-state index in [9.17, 15) is 19.5 Å². The van der Waals surface area contributed by atoms with E-state index in [-0.39, 0.29) is 36.4 Å². The summed E-state index contributed by atoms with van der Waals surface area (Å²) in [6.07, 6.45) is 4.50. The van der Waals surface area contributed by atoms with Crippen molar-refractivity contribution in [1.29, 1.82) is 0 Å². The number of hydrogen-bond acceptors (Lipinski definition) is 5. The summed E-state index contributed by atoms with van der Waals surface area (Å²) in [5, 5.41) is 12.9. The molecule has 0 bridgehead atoms. The van der Waals surface area contributed by atoms with E-state index in [1.807, 2.05) is 0 Å². The molecule has 1 aliphatic rings. The first-order valence-corrected chi connectivity index (χ1v) is 11.3. The van der Waals surface area contributed by atoms with Crippen LogP contribution in [0.15, 0.2) is 0 Å². The number of carbonyl (C=O) groups excluding carboxylic acids is 3. The number of Topliss-reactive ketones (excluding diaryl/α,β-unsaturated/α-hetero) is 2. The van der Waals surface area contributed by atoms with E-state index in [0.29, 0.717) is 18.3 Å². The molecule has 1 saturated carbocycles. The van der Waals surface area contributed by atoms with Crippen molar-refractivity contribution >= 4 is 17.5 Å². The normalized spacial score (nSPS) is 22.9. The molecule has 0 spiro atoms. The van der Waals surface area contributed by atoms with Crippen LogP contribution in [0.25, 0.3) is 0 Å². The summed E-state index contributed by atoms with van der Waals surface area (Å²) in [5.41, 5.74) is 5.60. The number of nitrogens with two attached hydrogens (primary N) is 1. The molecular formula is C23H42N2O4. The van der Waals surface area contributed by atoms with Crippen molar-refractivity contribution in [2.24, 2.45) is 35.3 Å². The van der Waals surface area contributed by atoms with Crippen LogP contribution in [0.3, 0.4) is 0 Å². The van der Waals surface area contributed by atoms with Gasteiger partial charge < -0.3 is 16.2 Å². The second-order valence-electron chi connectivity index (χ2n) is 9.57. The molecule has 1 fully saturated rings. The highest BCUT2D eigenvalue weighted by Crippen LogP contribution is 2.34. The van der Waals surface area contributed by atoms with Crippen molar-refractivity contribution in [2.45, 2.75) is 91.7 Å². The van der Waals surface area contributed by atoms with E-state index >= 15 is 0 Å². The average molecular weight is 411 g/mol. The third kappa shape index (κ3) is 8.55. The fourth-order valence-corrected chi connectivity index (χ4v) is 4.46. The first-order valence-electron chi connectivity index (χ1n) is 11.3. The Kier molecular flexibility index (Phi) is 11.0. The van der Waals surface area contributed by atoms with Crippen molar-refractivity contribution in [3.63, 3.8) is 0 Å². The molecule has 0 aliphatic heterocycles. The summed E-state index contributed by atoms with van der Waals surface area (Å²) < 4.78 is 0. The fraction of sp³-hybridized carbons (Fsp3) is 0.870. The van der Waals surface area contributed by atoms with Crippen molar-refractivity contribution in [3.8, 4) is 0 Å². The van der Waals surface area contributed by atoms with Crippen LogP contribution in [0, 0.1) is 29.6 Å². The Morgan fingerprint density at radius 3 is 2.28 bits per heavy atom. The van der Waals surface area contributed by atoms with Crippen LogP contribution in [-0.2, 0) is 14.4 Å². The maximum Gasteiger partial charge on any atom is 0.226 e. The number of aliphatic hydroxyl groups excluding tert-OH is 1. The zero-order chi connectivity index (χ0) is 22.1. The number of hydrogen-bond donors (Lipinski definition) is 3. The SMILES string of the molecule is CC(C)C[C@@H]1CCCC(C(=O)C[C@H](C(=O)N[C@@H](CCN)C(=O)C(C)C)[C@H](C)O)C1. The topological polar surface area (TPSA) is 109 Å².